The van der Waals surface area contributed by atoms with E-state index in [1.54, 1.807) is 6.92 Å². The first-order valence-corrected chi connectivity index (χ1v) is 5.09. The molecule has 1 heterocycles. The van der Waals surface area contributed by atoms with Crippen LogP contribution in [0.2, 0.25) is 0 Å². The highest BCUT2D eigenvalue weighted by Gasteiger charge is 2.28. The lowest BCUT2D eigenvalue weighted by atomic mass is 10.2. The van der Waals surface area contributed by atoms with Crippen LogP contribution in [0.25, 0.3) is 0 Å². The maximum Gasteiger partial charge on any atom is 0.242 e. The second kappa shape index (κ2) is 4.91. The normalized spacial score (nSPS) is 22.3. The van der Waals surface area contributed by atoms with Gasteiger partial charge in [-0.2, -0.15) is 0 Å². The average molecular weight is 212 g/mol. The van der Waals surface area contributed by atoms with E-state index < -0.39 is 6.04 Å². The van der Waals surface area contributed by atoms with Crippen molar-refractivity contribution in [3.63, 3.8) is 0 Å². The van der Waals surface area contributed by atoms with Crippen LogP contribution in [0.15, 0.2) is 0 Å². The summed E-state index contributed by atoms with van der Waals surface area (Å²) in [7, 11) is 0. The molecule has 84 valence electrons. The Labute approximate surface area is 88.8 Å². The summed E-state index contributed by atoms with van der Waals surface area (Å²) in [6, 6.07) is -0.473. The number of nitrogens with zero attached hydrogens (tertiary/aromatic N) is 1. The lowest BCUT2D eigenvalue weighted by Gasteiger charge is -2.25. The van der Waals surface area contributed by atoms with Crippen molar-refractivity contribution in [3.8, 4) is 0 Å². The molecule has 0 bridgehead atoms. The summed E-state index contributed by atoms with van der Waals surface area (Å²) < 4.78 is 0. The van der Waals surface area contributed by atoms with Crippen LogP contribution in [0, 0.1) is 0 Å². The summed E-state index contributed by atoms with van der Waals surface area (Å²) in [4.78, 5) is 35.3. The van der Waals surface area contributed by atoms with E-state index in [1.165, 1.54) is 11.8 Å². The minimum Gasteiger partial charge on any atom is -0.354 e. The van der Waals surface area contributed by atoms with Crippen molar-refractivity contribution in [2.45, 2.75) is 32.7 Å². The van der Waals surface area contributed by atoms with E-state index in [2.05, 4.69) is 5.32 Å². The highest BCUT2D eigenvalue weighted by atomic mass is 16.2. The van der Waals surface area contributed by atoms with E-state index in [4.69, 9.17) is 0 Å². The number of hydrogen-bond donors (Lipinski definition) is 1. The molecule has 0 aliphatic carbocycles. The second-order valence-corrected chi connectivity index (χ2v) is 3.76. The molecule has 1 fully saturated rings. The molecule has 0 spiro atoms. The van der Waals surface area contributed by atoms with Gasteiger partial charge in [0, 0.05) is 25.9 Å². The van der Waals surface area contributed by atoms with Crippen molar-refractivity contribution in [2.75, 3.05) is 13.1 Å². The van der Waals surface area contributed by atoms with Crippen LogP contribution in [0.1, 0.15) is 26.7 Å². The smallest absolute Gasteiger partial charge is 0.242 e. The van der Waals surface area contributed by atoms with E-state index in [0.717, 1.165) is 0 Å². The third-order valence-corrected chi connectivity index (χ3v) is 2.51. The van der Waals surface area contributed by atoms with Gasteiger partial charge in [-0.3, -0.25) is 14.4 Å². The summed E-state index contributed by atoms with van der Waals surface area (Å²) in [6.45, 7) is 3.88. The monoisotopic (exact) mass is 212 g/mol. The molecule has 5 heteroatoms. The molecule has 15 heavy (non-hydrogen) atoms. The SMILES string of the molecule is CC(=O)CCN1C(=O)CCNC(=O)C1C. The van der Waals surface area contributed by atoms with Crippen LogP contribution >= 0.6 is 0 Å². The quantitative estimate of drug-likeness (QED) is 0.698. The lowest BCUT2D eigenvalue weighted by molar-refractivity contribution is -0.137. The largest absolute Gasteiger partial charge is 0.354 e. The van der Waals surface area contributed by atoms with Crippen LogP contribution in [0.4, 0.5) is 0 Å². The van der Waals surface area contributed by atoms with Gasteiger partial charge in [-0.15, -0.1) is 0 Å². The van der Waals surface area contributed by atoms with Gasteiger partial charge in [0.15, 0.2) is 0 Å². The van der Waals surface area contributed by atoms with Crippen molar-refractivity contribution in [1.29, 1.82) is 0 Å². The van der Waals surface area contributed by atoms with Gasteiger partial charge < -0.3 is 10.2 Å². The topological polar surface area (TPSA) is 66.5 Å². The Morgan fingerprint density at radius 1 is 1.53 bits per heavy atom. The van der Waals surface area contributed by atoms with Crippen molar-refractivity contribution in [2.24, 2.45) is 0 Å². The summed E-state index contributed by atoms with van der Waals surface area (Å²) in [6.07, 6.45) is 0.622. The molecule has 0 aromatic heterocycles. The number of Topliss-reactive ketones (excluding diaryl/α,β-unsaturated/α-hetero) is 1. The van der Waals surface area contributed by atoms with E-state index >= 15 is 0 Å². The highest BCUT2D eigenvalue weighted by Crippen LogP contribution is 2.07. The Hall–Kier alpha value is -1.39. The second-order valence-electron chi connectivity index (χ2n) is 3.76. The van der Waals surface area contributed by atoms with Crippen LogP contribution < -0.4 is 5.32 Å². The number of nitrogens with one attached hydrogen (secondary N) is 1. The molecular weight excluding hydrogens is 196 g/mol. The Balaban J connectivity index is 2.66. The molecule has 0 radical (unpaired) electrons. The zero-order valence-electron chi connectivity index (χ0n) is 9.08. The third-order valence-electron chi connectivity index (χ3n) is 2.51. The molecule has 1 aliphatic heterocycles. The number of ketones is 1. The maximum absolute atomic E-state index is 11.6. The van der Waals surface area contributed by atoms with E-state index in [9.17, 15) is 14.4 Å². The first-order valence-electron chi connectivity index (χ1n) is 5.09. The number of rotatable bonds is 3. The van der Waals surface area contributed by atoms with Crippen molar-refractivity contribution in [1.82, 2.24) is 10.2 Å². The van der Waals surface area contributed by atoms with Crippen LogP contribution in [-0.2, 0) is 14.4 Å². The summed E-state index contributed by atoms with van der Waals surface area (Å²) in [5.74, 6) is -0.189. The Kier molecular flexibility index (Phi) is 3.82. The summed E-state index contributed by atoms with van der Waals surface area (Å²) in [5, 5.41) is 2.66. The fraction of sp³-hybridized carbons (Fsp3) is 0.700. The molecule has 2 amide bonds. The van der Waals surface area contributed by atoms with Crippen molar-refractivity contribution in [3.05, 3.63) is 0 Å². The van der Waals surface area contributed by atoms with Gasteiger partial charge in [-0.1, -0.05) is 0 Å². The van der Waals surface area contributed by atoms with Gasteiger partial charge in [0.05, 0.1) is 0 Å². The van der Waals surface area contributed by atoms with Crippen LogP contribution in [0.3, 0.4) is 0 Å². The standard InChI is InChI=1S/C10H16N2O3/c1-7(13)4-6-12-8(2)10(15)11-5-3-9(12)14/h8H,3-6H2,1-2H3,(H,11,15). The summed E-state index contributed by atoms with van der Waals surface area (Å²) >= 11 is 0. The predicted octanol–water partition coefficient (Wildman–Crippen LogP) is -0.297. The van der Waals surface area contributed by atoms with Gasteiger partial charge in [0.2, 0.25) is 11.8 Å². The first kappa shape index (κ1) is 11.7. The fourth-order valence-corrected chi connectivity index (χ4v) is 1.54. The molecular formula is C10H16N2O3. The molecule has 1 saturated heterocycles. The summed E-state index contributed by atoms with van der Waals surface area (Å²) in [5.41, 5.74) is 0. The molecule has 1 N–H and O–H groups in total. The van der Waals surface area contributed by atoms with E-state index in [1.807, 2.05) is 0 Å². The molecule has 1 rings (SSSR count). The van der Waals surface area contributed by atoms with Crippen molar-refractivity contribution < 1.29 is 14.4 Å². The van der Waals surface area contributed by atoms with Crippen molar-refractivity contribution >= 4 is 17.6 Å². The van der Waals surface area contributed by atoms with Gasteiger partial charge in [0.25, 0.3) is 0 Å². The molecule has 1 atom stereocenters. The third kappa shape index (κ3) is 3.04. The Bertz CT molecular complexity index is 288. The fourth-order valence-electron chi connectivity index (χ4n) is 1.54. The van der Waals surface area contributed by atoms with Gasteiger partial charge in [0.1, 0.15) is 11.8 Å². The number of hydrogen-bond acceptors (Lipinski definition) is 3. The van der Waals surface area contributed by atoms with Crippen LogP contribution in [-0.4, -0.2) is 41.6 Å². The minimum atomic E-state index is -0.473. The zero-order valence-corrected chi connectivity index (χ0v) is 9.08. The first-order chi connectivity index (χ1) is 7.02. The van der Waals surface area contributed by atoms with E-state index in [0.29, 0.717) is 25.9 Å². The number of amides is 2. The Morgan fingerprint density at radius 2 is 2.20 bits per heavy atom. The maximum atomic E-state index is 11.6. The molecule has 0 saturated carbocycles. The van der Waals surface area contributed by atoms with Gasteiger partial charge in [-0.25, -0.2) is 0 Å². The predicted molar refractivity (Wildman–Crippen MR) is 54.1 cm³/mol. The lowest BCUT2D eigenvalue weighted by Crippen LogP contribution is -2.44. The van der Waals surface area contributed by atoms with E-state index in [-0.39, 0.29) is 17.6 Å². The zero-order chi connectivity index (χ0) is 11.4. The van der Waals surface area contributed by atoms with Gasteiger partial charge >= 0.3 is 0 Å². The molecule has 5 nitrogen and oxygen atoms in total. The number of carbonyl (C=O) groups is 3. The number of carbonyl (C=O) groups excluding carboxylic acids is 3. The molecule has 1 aliphatic rings. The molecule has 0 aromatic rings. The molecule has 1 unspecified atom stereocenters. The molecule has 0 aromatic carbocycles. The van der Waals surface area contributed by atoms with Crippen LogP contribution in [0.5, 0.6) is 0 Å². The average Bonchev–Trinajstić information content (AvgIpc) is 2.26. The van der Waals surface area contributed by atoms with Gasteiger partial charge in [-0.05, 0) is 13.8 Å². The highest BCUT2D eigenvalue weighted by molar-refractivity contribution is 5.90. The minimum absolute atomic E-state index is 0.0275. The Morgan fingerprint density at radius 3 is 2.80 bits per heavy atom.